The van der Waals surface area contributed by atoms with Crippen molar-refractivity contribution in [2.45, 2.75) is 30.7 Å². The number of aromatic amines is 1. The quantitative estimate of drug-likeness (QED) is 0.705. The van der Waals surface area contributed by atoms with Crippen LogP contribution in [-0.4, -0.2) is 38.5 Å². The first-order valence-corrected chi connectivity index (χ1v) is 10.8. The molecule has 1 aliphatic heterocycles. The largest absolute Gasteiger partial charge is 0.497 e. The summed E-state index contributed by atoms with van der Waals surface area (Å²) < 4.78 is 39.4. The van der Waals surface area contributed by atoms with Crippen molar-refractivity contribution < 1.29 is 17.9 Å². The lowest BCUT2D eigenvalue weighted by Crippen LogP contribution is -2.40. The first-order chi connectivity index (χ1) is 13.5. The molecule has 0 saturated heterocycles. The van der Waals surface area contributed by atoms with Gasteiger partial charge in [-0.05, 0) is 36.6 Å². The Bertz CT molecular complexity index is 1120. The number of fused-ring (bicyclic) bond motifs is 3. The van der Waals surface area contributed by atoms with Crippen LogP contribution in [-0.2, 0) is 16.4 Å². The fourth-order valence-corrected chi connectivity index (χ4v) is 5.95. The fourth-order valence-electron chi connectivity index (χ4n) is 4.10. The van der Waals surface area contributed by atoms with E-state index in [1.54, 1.807) is 16.4 Å². The van der Waals surface area contributed by atoms with Crippen LogP contribution in [0, 0.1) is 0 Å². The normalized spacial score (nSPS) is 17.5. The van der Waals surface area contributed by atoms with Gasteiger partial charge >= 0.3 is 0 Å². The molecule has 1 N–H and O–H groups in total. The number of nitrogens with one attached hydrogen (secondary N) is 1. The maximum Gasteiger partial charge on any atom is 0.247 e. The Morgan fingerprint density at radius 2 is 1.93 bits per heavy atom. The molecular weight excluding hydrogens is 376 g/mol. The molecule has 1 aliphatic rings. The van der Waals surface area contributed by atoms with Gasteiger partial charge in [-0.15, -0.1) is 0 Å². The van der Waals surface area contributed by atoms with E-state index in [0.717, 1.165) is 11.2 Å². The Balaban J connectivity index is 1.83. The molecule has 0 aliphatic carbocycles. The lowest BCUT2D eigenvalue weighted by Gasteiger charge is -2.34. The molecule has 6 nitrogen and oxygen atoms in total. The number of ether oxygens (including phenoxy) is 2. The van der Waals surface area contributed by atoms with Gasteiger partial charge < -0.3 is 14.5 Å². The number of hydrogen-bond donors (Lipinski definition) is 1. The van der Waals surface area contributed by atoms with Gasteiger partial charge in [-0.3, -0.25) is 0 Å². The maximum absolute atomic E-state index is 13.6. The van der Waals surface area contributed by atoms with Crippen LogP contribution in [0.1, 0.15) is 30.6 Å². The van der Waals surface area contributed by atoms with Gasteiger partial charge in [0, 0.05) is 29.2 Å². The van der Waals surface area contributed by atoms with Gasteiger partial charge in [0.1, 0.15) is 16.4 Å². The highest BCUT2D eigenvalue weighted by Gasteiger charge is 2.38. The van der Waals surface area contributed by atoms with E-state index in [-0.39, 0.29) is 10.9 Å². The zero-order valence-corrected chi connectivity index (χ0v) is 17.0. The maximum atomic E-state index is 13.6. The number of benzene rings is 2. The van der Waals surface area contributed by atoms with Crippen LogP contribution in [0.2, 0.25) is 0 Å². The number of sulfonamides is 1. The van der Waals surface area contributed by atoms with E-state index in [1.165, 1.54) is 31.2 Å². The van der Waals surface area contributed by atoms with Gasteiger partial charge in [-0.1, -0.05) is 25.1 Å². The molecule has 0 amide bonds. The van der Waals surface area contributed by atoms with Crippen LogP contribution in [0.5, 0.6) is 11.5 Å². The van der Waals surface area contributed by atoms with Crippen molar-refractivity contribution in [3.8, 4) is 11.5 Å². The molecule has 148 valence electrons. The fraction of sp³-hybridized carbons (Fsp3) is 0.333. The number of rotatable bonds is 5. The second-order valence-corrected chi connectivity index (χ2v) is 8.73. The van der Waals surface area contributed by atoms with E-state index in [9.17, 15) is 8.42 Å². The van der Waals surface area contributed by atoms with Gasteiger partial charge in [-0.25, -0.2) is 8.42 Å². The summed E-state index contributed by atoms with van der Waals surface area (Å²) in [7, 11) is -0.776. The Morgan fingerprint density at radius 3 is 2.64 bits per heavy atom. The van der Waals surface area contributed by atoms with Gasteiger partial charge in [-0.2, -0.15) is 4.31 Å². The SMILES string of the molecule is CCC1c2[nH]c3ccccc3c2CCN1S(=O)(=O)c1cc(OC)ccc1OC. The molecule has 1 atom stereocenters. The molecule has 0 saturated carbocycles. The van der Waals surface area contributed by atoms with Crippen molar-refractivity contribution in [2.75, 3.05) is 20.8 Å². The molecule has 3 aromatic rings. The molecule has 7 heteroatoms. The summed E-state index contributed by atoms with van der Waals surface area (Å²) in [6.07, 6.45) is 1.34. The minimum absolute atomic E-state index is 0.132. The summed E-state index contributed by atoms with van der Waals surface area (Å²) in [6.45, 7) is 2.44. The number of methoxy groups -OCH3 is 2. The Morgan fingerprint density at radius 1 is 1.14 bits per heavy atom. The summed E-state index contributed by atoms with van der Waals surface area (Å²) in [6, 6.07) is 12.7. The second-order valence-electron chi connectivity index (χ2n) is 6.87. The van der Waals surface area contributed by atoms with E-state index in [2.05, 4.69) is 11.1 Å². The Kier molecular flexibility index (Phi) is 4.81. The summed E-state index contributed by atoms with van der Waals surface area (Å²) in [5.41, 5.74) is 3.25. The van der Waals surface area contributed by atoms with Gasteiger partial charge in [0.2, 0.25) is 10.0 Å². The van der Waals surface area contributed by atoms with E-state index < -0.39 is 10.0 Å². The third-order valence-electron chi connectivity index (χ3n) is 5.45. The Hall–Kier alpha value is -2.51. The first kappa shape index (κ1) is 18.8. The van der Waals surface area contributed by atoms with E-state index in [1.807, 2.05) is 25.1 Å². The first-order valence-electron chi connectivity index (χ1n) is 9.34. The van der Waals surface area contributed by atoms with Crippen molar-refractivity contribution >= 4 is 20.9 Å². The van der Waals surface area contributed by atoms with Gasteiger partial charge in [0.25, 0.3) is 0 Å². The standard InChI is InChI=1S/C21H24N2O4S/c1-4-18-21-16(15-7-5-6-8-17(15)22-21)11-12-23(18)28(24,25)20-13-14(26-2)9-10-19(20)27-3/h5-10,13,18,22H,4,11-12H2,1-3H3. The average molecular weight is 401 g/mol. The van der Waals surface area contributed by atoms with E-state index >= 15 is 0 Å². The van der Waals surface area contributed by atoms with Crippen molar-refractivity contribution in [1.29, 1.82) is 0 Å². The zero-order valence-electron chi connectivity index (χ0n) is 16.2. The average Bonchev–Trinajstić information content (AvgIpc) is 3.11. The highest BCUT2D eigenvalue weighted by atomic mass is 32.2. The molecule has 1 aromatic heterocycles. The third kappa shape index (κ3) is 2.86. The molecule has 28 heavy (non-hydrogen) atoms. The number of hydrogen-bond acceptors (Lipinski definition) is 4. The topological polar surface area (TPSA) is 71.6 Å². The highest BCUT2D eigenvalue weighted by Crippen LogP contribution is 2.41. The van der Waals surface area contributed by atoms with Crippen LogP contribution in [0.3, 0.4) is 0 Å². The summed E-state index contributed by atoms with van der Waals surface area (Å²) in [5.74, 6) is 0.800. The third-order valence-corrected chi connectivity index (χ3v) is 7.38. The number of H-pyrrole nitrogens is 1. The van der Waals surface area contributed by atoms with Crippen LogP contribution in [0.4, 0.5) is 0 Å². The molecule has 0 bridgehead atoms. The molecule has 2 heterocycles. The highest BCUT2D eigenvalue weighted by molar-refractivity contribution is 7.89. The molecule has 0 radical (unpaired) electrons. The molecule has 0 fully saturated rings. The second kappa shape index (κ2) is 7.14. The monoisotopic (exact) mass is 400 g/mol. The molecule has 0 spiro atoms. The lowest BCUT2D eigenvalue weighted by atomic mass is 9.98. The number of nitrogens with zero attached hydrogens (tertiary/aromatic N) is 1. The van der Waals surface area contributed by atoms with Crippen molar-refractivity contribution in [1.82, 2.24) is 9.29 Å². The lowest BCUT2D eigenvalue weighted by molar-refractivity contribution is 0.295. The van der Waals surface area contributed by atoms with Crippen molar-refractivity contribution in [3.63, 3.8) is 0 Å². The minimum Gasteiger partial charge on any atom is -0.497 e. The molecular formula is C21H24N2O4S. The smallest absolute Gasteiger partial charge is 0.247 e. The predicted octanol–water partition coefficient (Wildman–Crippen LogP) is 3.88. The van der Waals surface area contributed by atoms with Crippen LogP contribution in [0.15, 0.2) is 47.4 Å². The van der Waals surface area contributed by atoms with E-state index in [0.29, 0.717) is 30.9 Å². The van der Waals surface area contributed by atoms with Crippen LogP contribution in [0.25, 0.3) is 10.9 Å². The predicted molar refractivity (Wildman–Crippen MR) is 108 cm³/mol. The van der Waals surface area contributed by atoms with Crippen LogP contribution >= 0.6 is 0 Å². The van der Waals surface area contributed by atoms with Gasteiger partial charge in [0.15, 0.2) is 0 Å². The molecule has 2 aromatic carbocycles. The summed E-state index contributed by atoms with van der Waals surface area (Å²) >= 11 is 0. The Labute approximate surface area is 165 Å². The zero-order chi connectivity index (χ0) is 19.9. The molecule has 4 rings (SSSR count). The van der Waals surface area contributed by atoms with Crippen molar-refractivity contribution in [2.24, 2.45) is 0 Å². The number of aromatic nitrogens is 1. The summed E-state index contributed by atoms with van der Waals surface area (Å²) in [4.78, 5) is 3.59. The summed E-state index contributed by atoms with van der Waals surface area (Å²) in [5, 5.41) is 1.17. The van der Waals surface area contributed by atoms with Gasteiger partial charge in [0.05, 0.1) is 20.3 Å². The molecule has 1 unspecified atom stereocenters. The van der Waals surface area contributed by atoms with Crippen LogP contribution < -0.4 is 9.47 Å². The number of para-hydroxylation sites is 1. The van der Waals surface area contributed by atoms with E-state index in [4.69, 9.17) is 9.47 Å². The van der Waals surface area contributed by atoms with Crippen molar-refractivity contribution in [3.05, 3.63) is 53.7 Å². The minimum atomic E-state index is -3.77.